The molecule has 4 heteroatoms. The second-order valence-corrected chi connectivity index (χ2v) is 4.14. The van der Waals surface area contributed by atoms with Crippen molar-refractivity contribution in [2.24, 2.45) is 11.7 Å². The maximum atomic E-state index is 13.5. The molecule has 2 N–H and O–H groups in total. The first-order valence-corrected chi connectivity index (χ1v) is 5.47. The Morgan fingerprint density at radius 3 is 2.56 bits per heavy atom. The van der Waals surface area contributed by atoms with Crippen LogP contribution < -0.4 is 5.73 Å². The van der Waals surface area contributed by atoms with E-state index in [1.807, 2.05) is 0 Å². The molecule has 0 aromatic heterocycles. The maximum absolute atomic E-state index is 13.5. The van der Waals surface area contributed by atoms with Gasteiger partial charge in [0.25, 0.3) is 0 Å². The van der Waals surface area contributed by atoms with Gasteiger partial charge in [-0.2, -0.15) is 0 Å². The smallest absolute Gasteiger partial charge is 0.130 e. The first kappa shape index (κ1) is 11.5. The van der Waals surface area contributed by atoms with Crippen molar-refractivity contribution in [2.75, 3.05) is 13.2 Å². The average molecular weight is 227 g/mol. The van der Waals surface area contributed by atoms with Crippen LogP contribution in [-0.2, 0) is 4.74 Å². The summed E-state index contributed by atoms with van der Waals surface area (Å²) in [6.45, 7) is 1.34. The van der Waals surface area contributed by atoms with Crippen molar-refractivity contribution in [1.82, 2.24) is 0 Å². The molecular weight excluding hydrogens is 212 g/mol. The highest BCUT2D eigenvalue weighted by atomic mass is 19.1. The van der Waals surface area contributed by atoms with E-state index in [0.29, 0.717) is 18.8 Å². The van der Waals surface area contributed by atoms with Crippen molar-refractivity contribution in [1.29, 1.82) is 0 Å². The number of ether oxygens (including phenoxy) is 1. The molecule has 1 saturated heterocycles. The third-order valence-electron chi connectivity index (χ3n) is 3.10. The van der Waals surface area contributed by atoms with Gasteiger partial charge in [0.05, 0.1) is 0 Å². The van der Waals surface area contributed by atoms with Gasteiger partial charge in [-0.25, -0.2) is 8.78 Å². The van der Waals surface area contributed by atoms with Crippen molar-refractivity contribution < 1.29 is 13.5 Å². The topological polar surface area (TPSA) is 35.2 Å². The Morgan fingerprint density at radius 1 is 1.25 bits per heavy atom. The van der Waals surface area contributed by atoms with Crippen LogP contribution in [0.25, 0.3) is 0 Å². The Morgan fingerprint density at radius 2 is 1.94 bits per heavy atom. The predicted molar refractivity (Wildman–Crippen MR) is 56.8 cm³/mol. The van der Waals surface area contributed by atoms with Crippen LogP contribution in [0, 0.1) is 17.6 Å². The number of benzene rings is 1. The van der Waals surface area contributed by atoms with E-state index in [2.05, 4.69) is 0 Å². The van der Waals surface area contributed by atoms with Gasteiger partial charge in [-0.3, -0.25) is 0 Å². The molecule has 0 saturated carbocycles. The largest absolute Gasteiger partial charge is 0.381 e. The molecule has 2 rings (SSSR count). The monoisotopic (exact) mass is 227 g/mol. The predicted octanol–water partition coefficient (Wildman–Crippen LogP) is 2.39. The molecule has 0 radical (unpaired) electrons. The van der Waals surface area contributed by atoms with E-state index < -0.39 is 11.6 Å². The maximum Gasteiger partial charge on any atom is 0.130 e. The molecule has 0 spiro atoms. The molecular formula is C12H15F2NO. The Bertz CT molecular complexity index is 364. The van der Waals surface area contributed by atoms with Gasteiger partial charge in [0.1, 0.15) is 11.6 Å². The lowest BCUT2D eigenvalue weighted by Crippen LogP contribution is -2.28. The molecule has 1 heterocycles. The summed E-state index contributed by atoms with van der Waals surface area (Å²) in [6, 6.07) is 3.20. The summed E-state index contributed by atoms with van der Waals surface area (Å²) in [5.41, 5.74) is 6.40. The summed E-state index contributed by atoms with van der Waals surface area (Å²) in [5, 5.41) is 0. The van der Waals surface area contributed by atoms with Crippen molar-refractivity contribution in [3.05, 3.63) is 35.4 Å². The van der Waals surface area contributed by atoms with Crippen LogP contribution in [0.3, 0.4) is 0 Å². The first-order valence-electron chi connectivity index (χ1n) is 5.47. The van der Waals surface area contributed by atoms with Gasteiger partial charge in [0, 0.05) is 30.9 Å². The third-order valence-corrected chi connectivity index (χ3v) is 3.10. The van der Waals surface area contributed by atoms with E-state index >= 15 is 0 Å². The van der Waals surface area contributed by atoms with Crippen molar-refractivity contribution >= 4 is 0 Å². The molecule has 1 aromatic rings. The van der Waals surface area contributed by atoms with Crippen LogP contribution in [0.1, 0.15) is 24.4 Å². The van der Waals surface area contributed by atoms with Crippen LogP contribution in [0.2, 0.25) is 0 Å². The highest BCUT2D eigenvalue weighted by Crippen LogP contribution is 2.29. The lowest BCUT2D eigenvalue weighted by atomic mass is 9.87. The van der Waals surface area contributed by atoms with E-state index in [0.717, 1.165) is 18.9 Å². The number of nitrogens with two attached hydrogens (primary N) is 1. The van der Waals surface area contributed by atoms with Gasteiger partial charge in [0.2, 0.25) is 0 Å². The Labute approximate surface area is 93.4 Å². The van der Waals surface area contributed by atoms with Gasteiger partial charge in [-0.1, -0.05) is 6.07 Å². The summed E-state index contributed by atoms with van der Waals surface area (Å²) >= 11 is 0. The number of hydrogen-bond acceptors (Lipinski definition) is 2. The van der Waals surface area contributed by atoms with Crippen molar-refractivity contribution in [3.8, 4) is 0 Å². The lowest BCUT2D eigenvalue weighted by Gasteiger charge is -2.28. The van der Waals surface area contributed by atoms with Crippen LogP contribution in [0.15, 0.2) is 18.2 Å². The Balaban J connectivity index is 2.15. The van der Waals surface area contributed by atoms with Crippen molar-refractivity contribution in [3.63, 3.8) is 0 Å². The van der Waals surface area contributed by atoms with Gasteiger partial charge in [-0.15, -0.1) is 0 Å². The summed E-state index contributed by atoms with van der Waals surface area (Å²) < 4.78 is 31.5. The summed E-state index contributed by atoms with van der Waals surface area (Å²) in [4.78, 5) is 0. The van der Waals surface area contributed by atoms with Crippen LogP contribution >= 0.6 is 0 Å². The first-order chi connectivity index (χ1) is 7.68. The molecule has 88 valence electrons. The lowest BCUT2D eigenvalue weighted by molar-refractivity contribution is 0.0580. The normalized spacial score (nSPS) is 19.7. The van der Waals surface area contributed by atoms with Gasteiger partial charge >= 0.3 is 0 Å². The Hall–Kier alpha value is -1.00. The molecule has 2 nitrogen and oxygen atoms in total. The second kappa shape index (κ2) is 4.89. The summed E-state index contributed by atoms with van der Waals surface area (Å²) in [6.07, 6.45) is 1.66. The molecule has 1 aliphatic heterocycles. The fourth-order valence-electron chi connectivity index (χ4n) is 2.10. The molecule has 1 aromatic carbocycles. The van der Waals surface area contributed by atoms with Crippen molar-refractivity contribution in [2.45, 2.75) is 18.9 Å². The minimum atomic E-state index is -0.569. The number of halogens is 2. The van der Waals surface area contributed by atoms with E-state index in [1.165, 1.54) is 12.1 Å². The molecule has 0 amide bonds. The van der Waals surface area contributed by atoms with Gasteiger partial charge in [-0.05, 0) is 24.8 Å². The highest BCUT2D eigenvalue weighted by Gasteiger charge is 2.24. The minimum absolute atomic E-state index is 0.216. The van der Waals surface area contributed by atoms with Crippen LogP contribution in [-0.4, -0.2) is 13.2 Å². The van der Waals surface area contributed by atoms with E-state index in [-0.39, 0.29) is 12.0 Å². The number of rotatable bonds is 2. The average Bonchev–Trinajstić information content (AvgIpc) is 2.29. The fraction of sp³-hybridized carbons (Fsp3) is 0.500. The third kappa shape index (κ3) is 2.39. The molecule has 1 atom stereocenters. The molecule has 16 heavy (non-hydrogen) atoms. The zero-order chi connectivity index (χ0) is 11.5. The van der Waals surface area contributed by atoms with Gasteiger partial charge < -0.3 is 10.5 Å². The van der Waals surface area contributed by atoms with E-state index in [4.69, 9.17) is 10.5 Å². The van der Waals surface area contributed by atoms with E-state index in [1.54, 1.807) is 0 Å². The highest BCUT2D eigenvalue weighted by molar-refractivity contribution is 5.22. The molecule has 0 bridgehead atoms. The fourth-order valence-corrected chi connectivity index (χ4v) is 2.10. The van der Waals surface area contributed by atoms with E-state index in [9.17, 15) is 8.78 Å². The van der Waals surface area contributed by atoms with Crippen LogP contribution in [0.4, 0.5) is 8.78 Å². The molecule has 0 aliphatic carbocycles. The summed E-state index contributed by atoms with van der Waals surface area (Å²) in [7, 11) is 0. The molecule has 1 aliphatic rings. The van der Waals surface area contributed by atoms with Crippen LogP contribution in [0.5, 0.6) is 0 Å². The quantitative estimate of drug-likeness (QED) is 0.842. The SMILES string of the molecule is N[C@@H](c1ccc(F)cc1F)C1CCOCC1. The Kier molecular flexibility index (Phi) is 3.51. The zero-order valence-corrected chi connectivity index (χ0v) is 8.96. The second-order valence-electron chi connectivity index (χ2n) is 4.14. The zero-order valence-electron chi connectivity index (χ0n) is 8.96. The number of hydrogen-bond donors (Lipinski definition) is 1. The standard InChI is InChI=1S/C12H15F2NO/c13-9-1-2-10(11(14)7-9)12(15)8-3-5-16-6-4-8/h1-2,7-8,12H,3-6,15H2/t12-/m1/s1. The van der Waals surface area contributed by atoms with Gasteiger partial charge in [0.15, 0.2) is 0 Å². The minimum Gasteiger partial charge on any atom is -0.381 e. The molecule has 1 fully saturated rings. The summed E-state index contributed by atoms with van der Waals surface area (Å²) in [5.74, 6) is -0.909. The molecule has 0 unspecified atom stereocenters.